The fourth-order valence-corrected chi connectivity index (χ4v) is 5.51. The van der Waals surface area contributed by atoms with Gasteiger partial charge in [-0.1, -0.05) is 18.7 Å². The van der Waals surface area contributed by atoms with Gasteiger partial charge in [-0.2, -0.15) is 4.31 Å². The number of benzene rings is 2. The molecule has 0 radical (unpaired) electrons. The molecule has 182 valence electrons. The minimum Gasteiger partial charge on any atom is -0.497 e. The zero-order chi connectivity index (χ0) is 24.7. The predicted molar refractivity (Wildman–Crippen MR) is 127 cm³/mol. The molecule has 0 bridgehead atoms. The van der Waals surface area contributed by atoms with E-state index in [1.807, 2.05) is 24.3 Å². The Hall–Kier alpha value is -3.21. The zero-order valence-corrected chi connectivity index (χ0v) is 19.8. The zero-order valence-electron chi connectivity index (χ0n) is 18.9. The van der Waals surface area contributed by atoms with Crippen LogP contribution in [0.5, 0.6) is 5.75 Å². The number of carbonyl (C=O) groups is 2. The summed E-state index contributed by atoms with van der Waals surface area (Å²) in [6.07, 6.45) is 2.05. The fraction of sp³-hybridized carbons (Fsp3) is 0.333. The van der Waals surface area contributed by atoms with Crippen LogP contribution < -0.4 is 15.4 Å². The summed E-state index contributed by atoms with van der Waals surface area (Å²) in [4.78, 5) is 24.0. The average Bonchev–Trinajstić information content (AvgIpc) is 3.28. The van der Waals surface area contributed by atoms with Crippen molar-refractivity contribution in [3.05, 3.63) is 72.3 Å². The van der Waals surface area contributed by atoms with Gasteiger partial charge in [-0.05, 0) is 60.9 Å². The number of rotatable bonds is 10. The Bertz CT molecular complexity index is 1120. The molecule has 2 aromatic rings. The summed E-state index contributed by atoms with van der Waals surface area (Å²) in [6, 6.07) is 12.1. The highest BCUT2D eigenvalue weighted by Crippen LogP contribution is 2.26. The van der Waals surface area contributed by atoms with E-state index < -0.39 is 28.0 Å². The summed E-state index contributed by atoms with van der Waals surface area (Å²) in [7, 11) is -2.32. The number of nitrogens with one attached hydrogen (secondary N) is 2. The summed E-state index contributed by atoms with van der Waals surface area (Å²) in [5.41, 5.74) is 1.39. The number of nitrogens with zero attached hydrogens (tertiary/aromatic N) is 1. The molecule has 1 fully saturated rings. The number of ether oxygens (including phenoxy) is 1. The van der Waals surface area contributed by atoms with Gasteiger partial charge in [0.15, 0.2) is 0 Å². The molecule has 34 heavy (non-hydrogen) atoms. The van der Waals surface area contributed by atoms with Crippen molar-refractivity contribution >= 4 is 21.8 Å². The molecule has 1 saturated heterocycles. The van der Waals surface area contributed by atoms with E-state index in [1.54, 1.807) is 7.11 Å². The lowest BCUT2D eigenvalue weighted by molar-refractivity contribution is -0.117. The van der Waals surface area contributed by atoms with Crippen molar-refractivity contribution in [1.29, 1.82) is 0 Å². The van der Waals surface area contributed by atoms with Crippen LogP contribution in [0.15, 0.2) is 66.1 Å². The lowest BCUT2D eigenvalue weighted by atomic mass is 10.1. The van der Waals surface area contributed by atoms with E-state index in [0.29, 0.717) is 24.9 Å². The summed E-state index contributed by atoms with van der Waals surface area (Å²) < 4.78 is 32.6. The Morgan fingerprint density at radius 3 is 2.44 bits per heavy atom. The molecule has 1 aliphatic heterocycles. The van der Waals surface area contributed by atoms with Gasteiger partial charge >= 0.3 is 0 Å². The maximum absolute atomic E-state index is 13.1. The summed E-state index contributed by atoms with van der Waals surface area (Å²) in [6.45, 7) is 3.49. The Morgan fingerprint density at radius 1 is 1.18 bits per heavy atom. The highest BCUT2D eigenvalue weighted by molar-refractivity contribution is 7.89. The first-order valence-corrected chi connectivity index (χ1v) is 12.3. The Balaban J connectivity index is 1.61. The van der Waals surface area contributed by atoms with Crippen LogP contribution in [0.1, 0.15) is 22.3 Å². The third-order valence-corrected chi connectivity index (χ3v) is 7.62. The van der Waals surface area contributed by atoms with Gasteiger partial charge in [0.25, 0.3) is 5.91 Å². The number of hydrogen-bond donors (Lipinski definition) is 3. The number of amides is 2. The van der Waals surface area contributed by atoms with Crippen molar-refractivity contribution in [2.24, 2.45) is 0 Å². The van der Waals surface area contributed by atoms with E-state index in [9.17, 15) is 23.1 Å². The Morgan fingerprint density at radius 2 is 1.85 bits per heavy atom. The molecule has 9 nitrogen and oxygen atoms in total. The van der Waals surface area contributed by atoms with Crippen molar-refractivity contribution in [1.82, 2.24) is 14.9 Å². The number of aliphatic hydroxyl groups excluding tert-OH is 1. The van der Waals surface area contributed by atoms with Gasteiger partial charge in [0.05, 0.1) is 24.7 Å². The smallest absolute Gasteiger partial charge is 0.251 e. The molecule has 1 heterocycles. The molecular weight excluding hydrogens is 458 g/mol. The number of sulfonamides is 1. The van der Waals surface area contributed by atoms with Gasteiger partial charge in [-0.15, -0.1) is 0 Å². The SMILES string of the molecule is C=CC(=O)NC1CC(CO)N(S(=O)(=O)c2ccc(C(=O)NCCc3ccc(OC)cc3)cc2)C1. The van der Waals surface area contributed by atoms with Crippen molar-refractivity contribution in [3.63, 3.8) is 0 Å². The molecule has 2 unspecified atom stereocenters. The maximum Gasteiger partial charge on any atom is 0.251 e. The van der Waals surface area contributed by atoms with Gasteiger partial charge in [0.1, 0.15) is 5.75 Å². The van der Waals surface area contributed by atoms with Crippen molar-refractivity contribution < 1.29 is 27.9 Å². The molecule has 1 aliphatic rings. The quantitative estimate of drug-likeness (QED) is 0.431. The molecule has 0 saturated carbocycles. The molecule has 3 rings (SSSR count). The molecule has 0 aromatic heterocycles. The van der Waals surface area contributed by atoms with E-state index in [4.69, 9.17) is 4.74 Å². The molecule has 3 N–H and O–H groups in total. The second-order valence-corrected chi connectivity index (χ2v) is 9.83. The van der Waals surface area contributed by atoms with E-state index >= 15 is 0 Å². The van der Waals surface area contributed by atoms with Gasteiger partial charge in [-0.25, -0.2) is 8.42 Å². The van der Waals surface area contributed by atoms with E-state index in [2.05, 4.69) is 17.2 Å². The van der Waals surface area contributed by atoms with Crippen LogP contribution in [0.4, 0.5) is 0 Å². The molecule has 2 aromatic carbocycles. The van der Waals surface area contributed by atoms with Crippen LogP contribution >= 0.6 is 0 Å². The summed E-state index contributed by atoms with van der Waals surface area (Å²) in [5.74, 6) is 0.0569. The van der Waals surface area contributed by atoms with E-state index in [0.717, 1.165) is 17.4 Å². The van der Waals surface area contributed by atoms with Gasteiger partial charge in [0.2, 0.25) is 15.9 Å². The van der Waals surface area contributed by atoms with Gasteiger partial charge in [0, 0.05) is 24.7 Å². The number of methoxy groups -OCH3 is 1. The van der Waals surface area contributed by atoms with Crippen LogP contribution in [0.25, 0.3) is 0 Å². The van der Waals surface area contributed by atoms with Gasteiger partial charge < -0.3 is 20.5 Å². The van der Waals surface area contributed by atoms with Crippen LogP contribution in [-0.4, -0.2) is 68.5 Å². The molecule has 10 heteroatoms. The van der Waals surface area contributed by atoms with Crippen molar-refractivity contribution in [2.45, 2.75) is 29.8 Å². The van der Waals surface area contributed by atoms with E-state index in [1.165, 1.54) is 28.6 Å². The molecule has 0 aliphatic carbocycles. The standard InChI is InChI=1S/C24H29N3O6S/c1-3-23(29)26-19-14-20(16-28)27(15-19)34(31,32)22-10-6-18(7-11-22)24(30)25-13-12-17-4-8-21(33-2)9-5-17/h3-11,19-20,28H,1,12-16H2,2H3,(H,25,30)(H,26,29). The normalized spacial score (nSPS) is 18.3. The first-order valence-electron chi connectivity index (χ1n) is 10.8. The van der Waals surface area contributed by atoms with Crippen LogP contribution in [0, 0.1) is 0 Å². The monoisotopic (exact) mass is 487 g/mol. The number of aliphatic hydroxyl groups is 1. The number of hydrogen-bond acceptors (Lipinski definition) is 6. The summed E-state index contributed by atoms with van der Waals surface area (Å²) in [5, 5.41) is 15.2. The predicted octanol–water partition coefficient (Wildman–Crippen LogP) is 1.09. The second-order valence-electron chi connectivity index (χ2n) is 7.93. The Labute approximate surface area is 199 Å². The lowest BCUT2D eigenvalue weighted by Crippen LogP contribution is -2.39. The fourth-order valence-electron chi connectivity index (χ4n) is 3.84. The van der Waals surface area contributed by atoms with Gasteiger partial charge in [-0.3, -0.25) is 9.59 Å². The van der Waals surface area contributed by atoms with Crippen LogP contribution in [0.3, 0.4) is 0 Å². The third kappa shape index (κ3) is 6.02. The maximum atomic E-state index is 13.1. The second kappa shape index (κ2) is 11.3. The molecule has 2 atom stereocenters. The average molecular weight is 488 g/mol. The van der Waals surface area contributed by atoms with Crippen molar-refractivity contribution in [3.8, 4) is 5.75 Å². The summed E-state index contributed by atoms with van der Waals surface area (Å²) >= 11 is 0. The largest absolute Gasteiger partial charge is 0.497 e. The van der Waals surface area contributed by atoms with E-state index in [-0.39, 0.29) is 24.0 Å². The van der Waals surface area contributed by atoms with Crippen LogP contribution in [0.2, 0.25) is 0 Å². The highest BCUT2D eigenvalue weighted by Gasteiger charge is 2.40. The number of carbonyl (C=O) groups excluding carboxylic acids is 2. The third-order valence-electron chi connectivity index (χ3n) is 5.69. The van der Waals surface area contributed by atoms with Crippen LogP contribution in [-0.2, 0) is 21.2 Å². The first kappa shape index (κ1) is 25.4. The minimum absolute atomic E-state index is 0.0106. The molecule has 2 amide bonds. The topological polar surface area (TPSA) is 125 Å². The molecular formula is C24H29N3O6S. The highest BCUT2D eigenvalue weighted by atomic mass is 32.2. The first-order chi connectivity index (χ1) is 16.3. The lowest BCUT2D eigenvalue weighted by Gasteiger charge is -2.22. The minimum atomic E-state index is -3.92. The van der Waals surface area contributed by atoms with Crippen molar-refractivity contribution in [2.75, 3.05) is 26.8 Å². The Kier molecular flexibility index (Phi) is 8.43. The molecule has 0 spiro atoms.